The maximum Gasteiger partial charge on any atom is 0 e. The molecule has 0 aliphatic rings. The van der Waals surface area contributed by atoms with E-state index in [1.54, 1.807) is 0 Å². The first-order valence-electron chi connectivity index (χ1n) is 3.85. The van der Waals surface area contributed by atoms with Crippen LogP contribution in [0.3, 0.4) is 0 Å². The van der Waals surface area contributed by atoms with Gasteiger partial charge in [0.2, 0.25) is 0 Å². The molecule has 0 aromatic heterocycles. The summed E-state index contributed by atoms with van der Waals surface area (Å²) in [5, 5.41) is 0. The molecule has 0 aliphatic heterocycles. The monoisotopic (exact) mass is 209 g/mol. The fourth-order valence-corrected chi connectivity index (χ4v) is 1.14. The van der Waals surface area contributed by atoms with Crippen molar-refractivity contribution in [3.63, 3.8) is 0 Å². The van der Waals surface area contributed by atoms with Crippen molar-refractivity contribution in [3.8, 4) is 0 Å². The first kappa shape index (κ1) is 11.6. The second-order valence-electron chi connectivity index (χ2n) is 2.51. The number of hydrogen-bond donors (Lipinski definition) is 0. The van der Waals surface area contributed by atoms with Gasteiger partial charge in [0.1, 0.15) is 0 Å². The van der Waals surface area contributed by atoms with Crippen molar-refractivity contribution in [1.82, 2.24) is 0 Å². The molecule has 0 amide bonds. The maximum atomic E-state index is 3.78. The van der Waals surface area contributed by atoms with Crippen LogP contribution in [0.15, 0.2) is 43.0 Å². The summed E-state index contributed by atoms with van der Waals surface area (Å²) in [5.41, 5.74) is 1.31. The Morgan fingerprint density at radius 1 is 1.33 bits per heavy atom. The molecule has 0 heterocycles. The Hall–Kier alpha value is -0.417. The van der Waals surface area contributed by atoms with E-state index in [9.17, 15) is 0 Å². The number of hydrogen-bond acceptors (Lipinski definition) is 0. The standard InChI is InChI=1S/C11H13.Zn/c1-3-10(4-2)11-8-6-5-7-9-11;/h3-10H,1H2,2H3;/q-1;. The molecular formula is C11H13Zn-. The van der Waals surface area contributed by atoms with Gasteiger partial charge < -0.3 is 6.42 Å². The Morgan fingerprint density at radius 2 is 1.92 bits per heavy atom. The summed E-state index contributed by atoms with van der Waals surface area (Å²) < 4.78 is 0. The van der Waals surface area contributed by atoms with E-state index in [0.717, 1.165) is 0 Å². The minimum atomic E-state index is 0. The fraction of sp³-hybridized carbons (Fsp3) is 0.182. The third kappa shape index (κ3) is 2.91. The van der Waals surface area contributed by atoms with Crippen LogP contribution in [0.5, 0.6) is 0 Å². The van der Waals surface area contributed by atoms with Gasteiger partial charge in [-0.05, 0) is 0 Å². The van der Waals surface area contributed by atoms with Gasteiger partial charge in [-0.25, -0.2) is 0 Å². The van der Waals surface area contributed by atoms with Gasteiger partial charge in [0.05, 0.1) is 0 Å². The maximum absolute atomic E-state index is 3.78. The van der Waals surface area contributed by atoms with Gasteiger partial charge >= 0.3 is 0 Å². The van der Waals surface area contributed by atoms with Crippen LogP contribution in [-0.4, -0.2) is 0 Å². The molecule has 0 fully saturated rings. The molecule has 0 N–H and O–H groups in total. The largest absolute Gasteiger partial charge is 0.321 e. The number of rotatable bonds is 3. The predicted molar refractivity (Wildman–Crippen MR) is 49.4 cm³/mol. The zero-order valence-electron chi connectivity index (χ0n) is 7.53. The molecule has 0 saturated heterocycles. The van der Waals surface area contributed by atoms with Crippen LogP contribution in [0.2, 0.25) is 0 Å². The number of benzene rings is 1. The summed E-state index contributed by atoms with van der Waals surface area (Å²) in [5.74, 6) is 0.399. The summed E-state index contributed by atoms with van der Waals surface area (Å²) >= 11 is 0. The van der Waals surface area contributed by atoms with Gasteiger partial charge in [0.25, 0.3) is 0 Å². The van der Waals surface area contributed by atoms with Crippen LogP contribution in [0, 0.1) is 6.42 Å². The second-order valence-corrected chi connectivity index (χ2v) is 2.51. The van der Waals surface area contributed by atoms with E-state index in [-0.39, 0.29) is 19.5 Å². The molecule has 0 saturated carbocycles. The molecule has 12 heavy (non-hydrogen) atoms. The van der Waals surface area contributed by atoms with Crippen molar-refractivity contribution in [2.75, 3.05) is 0 Å². The summed E-state index contributed by atoms with van der Waals surface area (Å²) in [4.78, 5) is 0. The Labute approximate surface area is 87.4 Å². The summed E-state index contributed by atoms with van der Waals surface area (Å²) in [6.45, 7) is 5.83. The molecule has 1 atom stereocenters. The van der Waals surface area contributed by atoms with Crippen LogP contribution in [0.25, 0.3) is 0 Å². The SMILES string of the molecule is C=CC([CH-]C)c1ccccc1.[Zn]. The predicted octanol–water partition coefficient (Wildman–Crippen LogP) is 3.18. The van der Waals surface area contributed by atoms with Gasteiger partial charge in [-0.15, -0.1) is 18.6 Å². The second kappa shape index (κ2) is 6.14. The third-order valence-corrected chi connectivity index (χ3v) is 1.80. The molecule has 1 rings (SSSR count). The summed E-state index contributed by atoms with van der Waals surface area (Å²) in [6.07, 6.45) is 4.09. The molecule has 0 bridgehead atoms. The molecular weight excluding hydrogens is 198 g/mol. The topological polar surface area (TPSA) is 0 Å². The van der Waals surface area contributed by atoms with Crippen LogP contribution < -0.4 is 0 Å². The number of allylic oxidation sites excluding steroid dienone is 1. The molecule has 1 aromatic rings. The van der Waals surface area contributed by atoms with E-state index in [4.69, 9.17) is 0 Å². The molecule has 0 aliphatic carbocycles. The van der Waals surface area contributed by atoms with Crippen molar-refractivity contribution in [2.45, 2.75) is 12.8 Å². The van der Waals surface area contributed by atoms with Crippen LogP contribution in [0.1, 0.15) is 18.4 Å². The molecule has 1 heteroatoms. The van der Waals surface area contributed by atoms with Crippen molar-refractivity contribution in [1.29, 1.82) is 0 Å². The van der Waals surface area contributed by atoms with E-state index in [1.807, 2.05) is 12.1 Å². The van der Waals surface area contributed by atoms with E-state index in [0.29, 0.717) is 5.92 Å². The van der Waals surface area contributed by atoms with Gasteiger partial charge in [-0.1, -0.05) is 35.9 Å². The van der Waals surface area contributed by atoms with Gasteiger partial charge in [0, 0.05) is 19.5 Å². The van der Waals surface area contributed by atoms with Crippen LogP contribution in [-0.2, 0) is 19.5 Å². The zero-order chi connectivity index (χ0) is 8.10. The van der Waals surface area contributed by atoms with Gasteiger partial charge in [0.15, 0.2) is 0 Å². The van der Waals surface area contributed by atoms with Gasteiger partial charge in [-0.2, -0.15) is 6.92 Å². The van der Waals surface area contributed by atoms with Crippen molar-refractivity contribution in [2.24, 2.45) is 0 Å². The van der Waals surface area contributed by atoms with Crippen molar-refractivity contribution < 1.29 is 19.5 Å². The molecule has 1 unspecified atom stereocenters. The minimum absolute atomic E-state index is 0. The quantitative estimate of drug-likeness (QED) is 0.408. The van der Waals surface area contributed by atoms with E-state index in [1.165, 1.54) is 5.56 Å². The van der Waals surface area contributed by atoms with Crippen LogP contribution in [0.4, 0.5) is 0 Å². The normalized spacial score (nSPS) is 11.4. The Bertz CT molecular complexity index is 216. The fourth-order valence-electron chi connectivity index (χ4n) is 1.14. The molecule has 0 radical (unpaired) electrons. The van der Waals surface area contributed by atoms with Crippen molar-refractivity contribution in [3.05, 3.63) is 55.0 Å². The third-order valence-electron chi connectivity index (χ3n) is 1.80. The average molecular weight is 211 g/mol. The molecule has 0 spiro atoms. The molecule has 0 nitrogen and oxygen atoms in total. The first-order valence-corrected chi connectivity index (χ1v) is 3.85. The van der Waals surface area contributed by atoms with Crippen LogP contribution >= 0.6 is 0 Å². The van der Waals surface area contributed by atoms with E-state index in [2.05, 4.69) is 44.2 Å². The zero-order valence-corrected chi connectivity index (χ0v) is 10.5. The minimum Gasteiger partial charge on any atom is -0.321 e. The smallest absolute Gasteiger partial charge is 0 e. The Kier molecular flexibility index (Phi) is 5.93. The Balaban J connectivity index is 0.00000121. The summed E-state index contributed by atoms with van der Waals surface area (Å²) in [7, 11) is 0. The first-order chi connectivity index (χ1) is 5.38. The van der Waals surface area contributed by atoms with Gasteiger partial charge in [-0.3, -0.25) is 0 Å². The van der Waals surface area contributed by atoms with E-state index < -0.39 is 0 Å². The molecule has 60 valence electrons. The van der Waals surface area contributed by atoms with E-state index >= 15 is 0 Å². The summed E-state index contributed by atoms with van der Waals surface area (Å²) in [6, 6.07) is 10.4. The average Bonchev–Trinajstić information content (AvgIpc) is 2.09. The Morgan fingerprint density at radius 3 is 2.33 bits per heavy atom. The van der Waals surface area contributed by atoms with Crippen molar-refractivity contribution >= 4 is 0 Å². The molecule has 1 aromatic carbocycles.